The van der Waals surface area contributed by atoms with Crippen LogP contribution in [0.1, 0.15) is 18.4 Å². The van der Waals surface area contributed by atoms with Crippen LogP contribution in [0.2, 0.25) is 0 Å². The fourth-order valence-electron chi connectivity index (χ4n) is 3.07. The van der Waals surface area contributed by atoms with E-state index in [9.17, 15) is 4.79 Å². The number of hydrogen-bond donors (Lipinski definition) is 2. The number of ether oxygens (including phenoxy) is 1. The van der Waals surface area contributed by atoms with Crippen LogP contribution in [-0.4, -0.2) is 55.9 Å². The van der Waals surface area contributed by atoms with Crippen LogP contribution in [0.5, 0.6) is 0 Å². The highest BCUT2D eigenvalue weighted by molar-refractivity contribution is 5.74. The Labute approximate surface area is 137 Å². The molecule has 0 saturated carbocycles. The minimum atomic E-state index is -0.195. The first kappa shape index (κ1) is 15.9. The Morgan fingerprint density at radius 1 is 1.30 bits per heavy atom. The van der Waals surface area contributed by atoms with Gasteiger partial charge in [0.15, 0.2) is 0 Å². The number of benzene rings is 1. The molecule has 1 aromatic carbocycles. The van der Waals surface area contributed by atoms with E-state index in [0.29, 0.717) is 19.1 Å². The first-order chi connectivity index (χ1) is 11.3. The molecule has 2 unspecified atom stereocenters. The minimum Gasteiger partial charge on any atom is -0.373 e. The molecular formula is C18H23N3O2. The van der Waals surface area contributed by atoms with Gasteiger partial charge < -0.3 is 15.4 Å². The summed E-state index contributed by atoms with van der Waals surface area (Å²) in [5, 5.41) is 5.61. The fraction of sp³-hybridized carbons (Fsp3) is 0.500. The van der Waals surface area contributed by atoms with Crippen LogP contribution in [0.25, 0.3) is 0 Å². The van der Waals surface area contributed by atoms with E-state index >= 15 is 0 Å². The summed E-state index contributed by atoms with van der Waals surface area (Å²) in [6, 6.07) is 10.1. The van der Waals surface area contributed by atoms with Crippen molar-refractivity contribution in [3.05, 3.63) is 35.9 Å². The lowest BCUT2D eigenvalue weighted by Gasteiger charge is -2.35. The molecule has 0 aromatic heterocycles. The van der Waals surface area contributed by atoms with Crippen molar-refractivity contribution in [3.8, 4) is 11.8 Å². The van der Waals surface area contributed by atoms with Crippen LogP contribution in [-0.2, 0) is 4.74 Å². The normalized spacial score (nSPS) is 23.5. The SMILES string of the molecule is O=C(NCC#Cc1ccccc1)NCC1CN2CCCC2CO1. The molecule has 2 N–H and O–H groups in total. The first-order valence-electron chi connectivity index (χ1n) is 8.22. The van der Waals surface area contributed by atoms with Crippen LogP contribution >= 0.6 is 0 Å². The van der Waals surface area contributed by atoms with E-state index in [-0.39, 0.29) is 12.1 Å². The highest BCUT2D eigenvalue weighted by atomic mass is 16.5. The Hall–Kier alpha value is -2.03. The summed E-state index contributed by atoms with van der Waals surface area (Å²) in [4.78, 5) is 14.2. The molecule has 2 atom stereocenters. The molecule has 0 radical (unpaired) electrons. The van der Waals surface area contributed by atoms with Gasteiger partial charge in [-0.3, -0.25) is 4.90 Å². The van der Waals surface area contributed by atoms with E-state index in [1.54, 1.807) is 0 Å². The van der Waals surface area contributed by atoms with Gasteiger partial charge in [0.1, 0.15) is 0 Å². The van der Waals surface area contributed by atoms with Gasteiger partial charge in [0.2, 0.25) is 0 Å². The van der Waals surface area contributed by atoms with Gasteiger partial charge in [-0.25, -0.2) is 4.79 Å². The zero-order valence-electron chi connectivity index (χ0n) is 13.3. The van der Waals surface area contributed by atoms with Crippen molar-refractivity contribution in [3.63, 3.8) is 0 Å². The number of nitrogens with one attached hydrogen (secondary N) is 2. The second-order valence-electron chi connectivity index (χ2n) is 5.98. The maximum absolute atomic E-state index is 11.8. The summed E-state index contributed by atoms with van der Waals surface area (Å²) in [5.74, 6) is 5.95. The van der Waals surface area contributed by atoms with Crippen molar-refractivity contribution in [2.75, 3.05) is 32.8 Å². The van der Waals surface area contributed by atoms with E-state index in [1.165, 1.54) is 12.8 Å². The van der Waals surface area contributed by atoms with E-state index in [4.69, 9.17) is 4.74 Å². The van der Waals surface area contributed by atoms with Gasteiger partial charge in [0.05, 0.1) is 19.3 Å². The molecule has 23 heavy (non-hydrogen) atoms. The van der Waals surface area contributed by atoms with Gasteiger partial charge in [-0.2, -0.15) is 0 Å². The summed E-state index contributed by atoms with van der Waals surface area (Å²) in [7, 11) is 0. The minimum absolute atomic E-state index is 0.0884. The third kappa shape index (κ3) is 4.72. The van der Waals surface area contributed by atoms with Crippen LogP contribution in [0.3, 0.4) is 0 Å². The summed E-state index contributed by atoms with van der Waals surface area (Å²) in [6.07, 6.45) is 2.58. The van der Waals surface area contributed by atoms with E-state index in [2.05, 4.69) is 27.4 Å². The second kappa shape index (κ2) is 8.00. The van der Waals surface area contributed by atoms with Crippen molar-refractivity contribution in [2.24, 2.45) is 0 Å². The standard InChI is InChI=1S/C18H23N3O2/c22-18(19-10-4-8-15-6-2-1-3-7-15)20-12-17-13-21-11-5-9-16(21)14-23-17/h1-3,6-7,16-17H,5,9-14H2,(H2,19,20,22). The number of morpholine rings is 1. The number of rotatable bonds is 3. The van der Waals surface area contributed by atoms with E-state index in [0.717, 1.165) is 25.3 Å². The van der Waals surface area contributed by atoms with Crippen molar-refractivity contribution in [2.45, 2.75) is 25.0 Å². The van der Waals surface area contributed by atoms with E-state index in [1.807, 2.05) is 30.3 Å². The van der Waals surface area contributed by atoms with Gasteiger partial charge >= 0.3 is 6.03 Å². The molecule has 2 fully saturated rings. The average Bonchev–Trinajstić information content (AvgIpc) is 3.05. The second-order valence-corrected chi connectivity index (χ2v) is 5.98. The summed E-state index contributed by atoms with van der Waals surface area (Å²) >= 11 is 0. The van der Waals surface area contributed by atoms with Crippen LogP contribution in [0, 0.1) is 11.8 Å². The van der Waals surface area contributed by atoms with Crippen molar-refractivity contribution >= 4 is 6.03 Å². The lowest BCUT2D eigenvalue weighted by Crippen LogP contribution is -2.51. The number of carbonyl (C=O) groups is 1. The zero-order chi connectivity index (χ0) is 15.9. The van der Waals surface area contributed by atoms with Gasteiger partial charge in [-0.05, 0) is 31.5 Å². The maximum Gasteiger partial charge on any atom is 0.315 e. The van der Waals surface area contributed by atoms with Crippen molar-refractivity contribution < 1.29 is 9.53 Å². The predicted molar refractivity (Wildman–Crippen MR) is 89.1 cm³/mol. The molecule has 2 amide bonds. The third-order valence-electron chi connectivity index (χ3n) is 4.30. The largest absolute Gasteiger partial charge is 0.373 e. The lowest BCUT2D eigenvalue weighted by molar-refractivity contribution is -0.0457. The Morgan fingerprint density at radius 3 is 3.04 bits per heavy atom. The Morgan fingerprint density at radius 2 is 2.17 bits per heavy atom. The molecule has 3 rings (SSSR count). The van der Waals surface area contributed by atoms with Gasteiger partial charge in [0.25, 0.3) is 0 Å². The lowest BCUT2D eigenvalue weighted by atomic mass is 10.2. The number of carbonyl (C=O) groups excluding carboxylic acids is 1. The molecule has 122 valence electrons. The highest BCUT2D eigenvalue weighted by Crippen LogP contribution is 2.22. The third-order valence-corrected chi connectivity index (χ3v) is 4.30. The molecule has 2 heterocycles. The average molecular weight is 313 g/mol. The van der Waals surface area contributed by atoms with Crippen LogP contribution < -0.4 is 10.6 Å². The van der Waals surface area contributed by atoms with E-state index < -0.39 is 0 Å². The monoisotopic (exact) mass is 313 g/mol. The summed E-state index contributed by atoms with van der Waals surface area (Å²) < 4.78 is 5.81. The van der Waals surface area contributed by atoms with Crippen LogP contribution in [0.15, 0.2) is 30.3 Å². The summed E-state index contributed by atoms with van der Waals surface area (Å²) in [6.45, 7) is 3.74. The van der Waals surface area contributed by atoms with Gasteiger partial charge in [-0.1, -0.05) is 30.0 Å². The number of nitrogens with zero attached hydrogens (tertiary/aromatic N) is 1. The first-order valence-corrected chi connectivity index (χ1v) is 8.22. The van der Waals surface area contributed by atoms with Crippen molar-refractivity contribution in [1.82, 2.24) is 15.5 Å². The molecule has 0 spiro atoms. The maximum atomic E-state index is 11.8. The number of hydrogen-bond acceptors (Lipinski definition) is 3. The number of amides is 2. The van der Waals surface area contributed by atoms with Crippen molar-refractivity contribution in [1.29, 1.82) is 0 Å². The Kier molecular flexibility index (Phi) is 5.51. The molecule has 2 aliphatic rings. The van der Waals surface area contributed by atoms with Crippen LogP contribution in [0.4, 0.5) is 4.79 Å². The molecule has 0 aliphatic carbocycles. The molecule has 5 heteroatoms. The highest BCUT2D eigenvalue weighted by Gasteiger charge is 2.32. The zero-order valence-corrected chi connectivity index (χ0v) is 13.3. The number of urea groups is 1. The molecule has 1 aromatic rings. The number of fused-ring (bicyclic) bond motifs is 1. The molecule has 0 bridgehead atoms. The topological polar surface area (TPSA) is 53.6 Å². The molecule has 2 saturated heterocycles. The molecule has 2 aliphatic heterocycles. The smallest absolute Gasteiger partial charge is 0.315 e. The Balaban J connectivity index is 1.33. The van der Waals surface area contributed by atoms with Gasteiger partial charge in [-0.15, -0.1) is 0 Å². The van der Waals surface area contributed by atoms with Gasteiger partial charge in [0, 0.05) is 24.7 Å². The fourth-order valence-corrected chi connectivity index (χ4v) is 3.07. The summed E-state index contributed by atoms with van der Waals surface area (Å²) in [5.41, 5.74) is 0.950. The Bertz CT molecular complexity index is 579. The molecular weight excluding hydrogens is 290 g/mol. The molecule has 5 nitrogen and oxygen atoms in total. The quantitative estimate of drug-likeness (QED) is 0.825. The predicted octanol–water partition coefficient (Wildman–Crippen LogP) is 1.20.